The molecule has 134 valence electrons. The quantitative estimate of drug-likeness (QED) is 0.496. The zero-order valence-electron chi connectivity index (χ0n) is 15.3. The molecule has 2 rings (SSSR count). The highest BCUT2D eigenvalue weighted by atomic mass is 16.7. The summed E-state index contributed by atoms with van der Waals surface area (Å²) in [5.74, 6) is 0.570. The summed E-state index contributed by atoms with van der Waals surface area (Å²) in [7, 11) is 0. The molecule has 0 aliphatic heterocycles. The van der Waals surface area contributed by atoms with E-state index >= 15 is 0 Å². The van der Waals surface area contributed by atoms with Gasteiger partial charge in [-0.1, -0.05) is 50.2 Å². The van der Waals surface area contributed by atoms with E-state index in [0.717, 1.165) is 30.6 Å². The van der Waals surface area contributed by atoms with Gasteiger partial charge in [-0.25, -0.2) is 4.79 Å². The lowest BCUT2D eigenvalue weighted by molar-refractivity contribution is 0.0591. The standard InChI is InChI=1S/C21H27NO3/c1-4-17-12-10-11-15-20(17)25-21(23)24-19(5-2)16-22(6-3)18-13-8-7-9-14-18/h7-15,19H,4-6,16H2,1-3H3. The van der Waals surface area contributed by atoms with Crippen LogP contribution in [0.15, 0.2) is 54.6 Å². The molecule has 1 unspecified atom stereocenters. The minimum absolute atomic E-state index is 0.221. The molecule has 0 aliphatic carbocycles. The minimum atomic E-state index is -0.642. The number of ether oxygens (including phenoxy) is 2. The molecule has 0 saturated carbocycles. The highest BCUT2D eigenvalue weighted by Gasteiger charge is 2.18. The van der Waals surface area contributed by atoms with Crippen molar-refractivity contribution in [3.05, 3.63) is 60.2 Å². The maximum absolute atomic E-state index is 12.2. The number of hydrogen-bond acceptors (Lipinski definition) is 4. The Balaban J connectivity index is 1.97. The minimum Gasteiger partial charge on any atom is -0.429 e. The first kappa shape index (κ1) is 18.8. The van der Waals surface area contributed by atoms with Gasteiger partial charge in [0.05, 0.1) is 6.54 Å². The van der Waals surface area contributed by atoms with Crippen molar-refractivity contribution in [3.8, 4) is 5.75 Å². The average Bonchev–Trinajstić information content (AvgIpc) is 2.66. The van der Waals surface area contributed by atoms with Crippen molar-refractivity contribution >= 4 is 11.8 Å². The van der Waals surface area contributed by atoms with E-state index < -0.39 is 6.16 Å². The Morgan fingerprint density at radius 1 is 1.00 bits per heavy atom. The number of carbonyl (C=O) groups excluding carboxylic acids is 1. The van der Waals surface area contributed by atoms with Crippen molar-refractivity contribution in [2.75, 3.05) is 18.0 Å². The number of hydrogen-bond donors (Lipinski definition) is 0. The number of para-hydroxylation sites is 2. The summed E-state index contributed by atoms with van der Waals surface area (Å²) in [6, 6.07) is 17.7. The van der Waals surface area contributed by atoms with Crippen LogP contribution < -0.4 is 9.64 Å². The molecule has 4 nitrogen and oxygen atoms in total. The Bertz CT molecular complexity index is 657. The number of anilines is 1. The third-order valence-corrected chi connectivity index (χ3v) is 4.19. The topological polar surface area (TPSA) is 38.8 Å². The van der Waals surface area contributed by atoms with Crippen LogP contribution in [0, 0.1) is 0 Å². The highest BCUT2D eigenvalue weighted by Crippen LogP contribution is 2.20. The predicted molar refractivity (Wildman–Crippen MR) is 101 cm³/mol. The molecule has 0 aliphatic rings. The van der Waals surface area contributed by atoms with Gasteiger partial charge in [-0.2, -0.15) is 0 Å². The summed E-state index contributed by atoms with van der Waals surface area (Å²) in [5.41, 5.74) is 2.11. The van der Waals surface area contributed by atoms with Gasteiger partial charge in [0.15, 0.2) is 0 Å². The fourth-order valence-electron chi connectivity index (χ4n) is 2.70. The molecule has 0 radical (unpaired) electrons. The van der Waals surface area contributed by atoms with Gasteiger partial charge >= 0.3 is 6.16 Å². The molecule has 0 amide bonds. The molecule has 0 saturated heterocycles. The molecule has 25 heavy (non-hydrogen) atoms. The van der Waals surface area contributed by atoms with Crippen molar-refractivity contribution in [1.29, 1.82) is 0 Å². The first-order chi connectivity index (χ1) is 12.2. The van der Waals surface area contributed by atoms with Gasteiger partial charge < -0.3 is 14.4 Å². The molecule has 2 aromatic rings. The van der Waals surface area contributed by atoms with Crippen LogP contribution in [0.3, 0.4) is 0 Å². The van der Waals surface area contributed by atoms with Gasteiger partial charge in [-0.3, -0.25) is 0 Å². The Hall–Kier alpha value is -2.49. The largest absolute Gasteiger partial charge is 0.514 e. The molecule has 1 atom stereocenters. The van der Waals surface area contributed by atoms with E-state index in [1.165, 1.54) is 0 Å². The fourth-order valence-corrected chi connectivity index (χ4v) is 2.70. The summed E-state index contributed by atoms with van der Waals surface area (Å²) < 4.78 is 11.0. The second kappa shape index (κ2) is 9.72. The molecular weight excluding hydrogens is 314 g/mol. The maximum Gasteiger partial charge on any atom is 0.514 e. The van der Waals surface area contributed by atoms with Gasteiger partial charge in [-0.05, 0) is 43.5 Å². The highest BCUT2D eigenvalue weighted by molar-refractivity contribution is 5.65. The number of likely N-dealkylation sites (N-methyl/N-ethyl adjacent to an activating group) is 1. The van der Waals surface area contributed by atoms with Crippen LogP contribution in [-0.4, -0.2) is 25.3 Å². The van der Waals surface area contributed by atoms with E-state index in [1.54, 1.807) is 6.07 Å². The van der Waals surface area contributed by atoms with Crippen LogP contribution in [-0.2, 0) is 11.2 Å². The lowest BCUT2D eigenvalue weighted by Crippen LogP contribution is -2.35. The van der Waals surface area contributed by atoms with E-state index in [9.17, 15) is 4.79 Å². The first-order valence-electron chi connectivity index (χ1n) is 8.94. The summed E-state index contributed by atoms with van der Waals surface area (Å²) >= 11 is 0. The Labute approximate surface area is 150 Å². The van der Waals surface area contributed by atoms with E-state index in [0.29, 0.717) is 12.3 Å². The molecule has 0 N–H and O–H groups in total. The third kappa shape index (κ3) is 5.52. The zero-order valence-corrected chi connectivity index (χ0v) is 15.3. The van der Waals surface area contributed by atoms with Crippen LogP contribution in [0.5, 0.6) is 5.75 Å². The summed E-state index contributed by atoms with van der Waals surface area (Å²) in [6.07, 6.45) is 0.671. The maximum atomic E-state index is 12.2. The number of aryl methyl sites for hydroxylation is 1. The van der Waals surface area contributed by atoms with Crippen LogP contribution in [0.4, 0.5) is 10.5 Å². The molecule has 0 spiro atoms. The summed E-state index contributed by atoms with van der Waals surface area (Å²) in [6.45, 7) is 7.62. The summed E-state index contributed by atoms with van der Waals surface area (Å²) in [4.78, 5) is 14.4. The molecule has 4 heteroatoms. The van der Waals surface area contributed by atoms with E-state index in [2.05, 4.69) is 24.0 Å². The SMILES string of the molecule is CCc1ccccc1OC(=O)OC(CC)CN(CC)c1ccccc1. The predicted octanol–water partition coefficient (Wildman–Crippen LogP) is 5.07. The van der Waals surface area contributed by atoms with Gasteiger partial charge in [0.25, 0.3) is 0 Å². The average molecular weight is 341 g/mol. The van der Waals surface area contributed by atoms with Crippen LogP contribution in [0.25, 0.3) is 0 Å². The summed E-state index contributed by atoms with van der Waals surface area (Å²) in [5, 5.41) is 0. The second-order valence-electron chi connectivity index (χ2n) is 5.84. The molecular formula is C21H27NO3. The van der Waals surface area contributed by atoms with Crippen molar-refractivity contribution < 1.29 is 14.3 Å². The second-order valence-corrected chi connectivity index (χ2v) is 5.84. The lowest BCUT2D eigenvalue weighted by atomic mass is 10.1. The van der Waals surface area contributed by atoms with Crippen LogP contribution in [0.2, 0.25) is 0 Å². The van der Waals surface area contributed by atoms with E-state index in [4.69, 9.17) is 9.47 Å². The lowest BCUT2D eigenvalue weighted by Gasteiger charge is -2.27. The van der Waals surface area contributed by atoms with E-state index in [-0.39, 0.29) is 6.10 Å². The number of rotatable bonds is 8. The fraction of sp³-hybridized carbons (Fsp3) is 0.381. The van der Waals surface area contributed by atoms with Gasteiger partial charge in [-0.15, -0.1) is 0 Å². The number of benzene rings is 2. The molecule has 0 bridgehead atoms. The van der Waals surface area contributed by atoms with Crippen molar-refractivity contribution in [2.45, 2.75) is 39.7 Å². The zero-order chi connectivity index (χ0) is 18.1. The Kier molecular flexibility index (Phi) is 7.33. The third-order valence-electron chi connectivity index (χ3n) is 4.19. The number of nitrogens with zero attached hydrogens (tertiary/aromatic N) is 1. The van der Waals surface area contributed by atoms with E-state index in [1.807, 2.05) is 50.2 Å². The van der Waals surface area contributed by atoms with Crippen LogP contribution >= 0.6 is 0 Å². The Morgan fingerprint density at radius 2 is 1.68 bits per heavy atom. The monoisotopic (exact) mass is 341 g/mol. The van der Waals surface area contributed by atoms with Crippen LogP contribution in [0.1, 0.15) is 32.8 Å². The first-order valence-corrected chi connectivity index (χ1v) is 8.94. The molecule has 2 aromatic carbocycles. The smallest absolute Gasteiger partial charge is 0.429 e. The normalized spacial score (nSPS) is 11.6. The molecule has 0 aromatic heterocycles. The molecule has 0 fully saturated rings. The van der Waals surface area contributed by atoms with Gasteiger partial charge in [0, 0.05) is 12.2 Å². The van der Waals surface area contributed by atoms with Gasteiger partial charge in [0.2, 0.25) is 0 Å². The number of carbonyl (C=O) groups is 1. The van der Waals surface area contributed by atoms with Crippen molar-refractivity contribution in [1.82, 2.24) is 0 Å². The Morgan fingerprint density at radius 3 is 2.32 bits per heavy atom. The van der Waals surface area contributed by atoms with Gasteiger partial charge in [0.1, 0.15) is 11.9 Å². The van der Waals surface area contributed by atoms with Crippen molar-refractivity contribution in [3.63, 3.8) is 0 Å². The molecule has 0 heterocycles. The van der Waals surface area contributed by atoms with Crippen molar-refractivity contribution in [2.24, 2.45) is 0 Å².